The van der Waals surface area contributed by atoms with E-state index in [1.165, 1.54) is 29.1 Å². The molecule has 4 rings (SSSR count). The number of fused-ring (bicyclic) bond motifs is 3. The Morgan fingerprint density at radius 1 is 0.968 bits per heavy atom. The molecular weight excluding hydrogens is 412 g/mol. The fourth-order valence-corrected chi connectivity index (χ4v) is 3.93. The van der Waals surface area contributed by atoms with Gasteiger partial charge < -0.3 is 10.2 Å². The number of rotatable bonds is 3. The van der Waals surface area contributed by atoms with Crippen LogP contribution in [0.2, 0.25) is 0 Å². The minimum Gasteiger partial charge on any atom is -0.388 e. The first kappa shape index (κ1) is 21.5. The molecule has 1 aliphatic carbocycles. The molecule has 31 heavy (non-hydrogen) atoms. The molecule has 0 bridgehead atoms. The number of halogens is 4. The maximum atomic E-state index is 14.5. The third-order valence-corrected chi connectivity index (χ3v) is 6.45. The van der Waals surface area contributed by atoms with Gasteiger partial charge in [0.1, 0.15) is 5.82 Å². The summed E-state index contributed by atoms with van der Waals surface area (Å²) in [5, 5.41) is 25.6. The lowest BCUT2D eigenvalue weighted by Crippen LogP contribution is -2.47. The van der Waals surface area contributed by atoms with Crippen molar-refractivity contribution in [2.24, 2.45) is 0 Å². The Hall–Kier alpha value is -2.71. The van der Waals surface area contributed by atoms with Gasteiger partial charge in [-0.15, -0.1) is 0 Å². The molecule has 164 valence electrons. The summed E-state index contributed by atoms with van der Waals surface area (Å²) >= 11 is 0. The minimum absolute atomic E-state index is 0.109. The maximum absolute atomic E-state index is 14.5. The third-order valence-electron chi connectivity index (χ3n) is 6.45. The second-order valence-electron chi connectivity index (χ2n) is 8.92. The molecule has 0 radical (unpaired) electrons. The van der Waals surface area contributed by atoms with Crippen molar-refractivity contribution >= 4 is 0 Å². The van der Waals surface area contributed by atoms with Gasteiger partial charge >= 0.3 is 6.18 Å². The quantitative estimate of drug-likeness (QED) is 0.572. The summed E-state index contributed by atoms with van der Waals surface area (Å²) < 4.78 is 58.2. The van der Waals surface area contributed by atoms with E-state index in [0.717, 1.165) is 12.1 Å². The highest BCUT2D eigenvalue weighted by molar-refractivity contribution is 5.92. The van der Waals surface area contributed by atoms with Crippen molar-refractivity contribution in [3.63, 3.8) is 0 Å². The minimum atomic E-state index is -5.05. The molecule has 3 aromatic rings. The first-order chi connectivity index (χ1) is 14.2. The van der Waals surface area contributed by atoms with Crippen molar-refractivity contribution in [3.05, 3.63) is 65.7 Å². The van der Waals surface area contributed by atoms with Gasteiger partial charge in [-0.3, -0.25) is 4.68 Å². The van der Waals surface area contributed by atoms with E-state index in [1.54, 1.807) is 40.0 Å². The first-order valence-electron chi connectivity index (χ1n) is 9.70. The van der Waals surface area contributed by atoms with Crippen molar-refractivity contribution in [1.82, 2.24) is 9.78 Å². The molecule has 1 heterocycles. The van der Waals surface area contributed by atoms with Crippen molar-refractivity contribution < 1.29 is 27.8 Å². The SMILES string of the molecule is CC(C)(O)C(C)(C)n1cc(-c2cc(F)cc3c2-c2ccccc2[C@]3(O)C(F)(F)F)cn1. The molecule has 2 aromatic carbocycles. The number of alkyl halides is 3. The average Bonchev–Trinajstić information content (AvgIpc) is 3.24. The van der Waals surface area contributed by atoms with E-state index in [9.17, 15) is 27.8 Å². The van der Waals surface area contributed by atoms with E-state index in [1.807, 2.05) is 0 Å². The van der Waals surface area contributed by atoms with Crippen LogP contribution in [0.4, 0.5) is 17.6 Å². The molecule has 0 fully saturated rings. The van der Waals surface area contributed by atoms with Crippen LogP contribution in [-0.2, 0) is 11.1 Å². The molecule has 2 N–H and O–H groups in total. The number of hydrogen-bond donors (Lipinski definition) is 2. The molecule has 0 unspecified atom stereocenters. The Balaban J connectivity index is 2.00. The number of nitrogens with zero attached hydrogens (tertiary/aromatic N) is 2. The van der Waals surface area contributed by atoms with Gasteiger partial charge in [0, 0.05) is 22.9 Å². The average molecular weight is 434 g/mol. The molecule has 0 saturated carbocycles. The zero-order chi connectivity index (χ0) is 23.0. The number of benzene rings is 2. The smallest absolute Gasteiger partial charge is 0.388 e. The van der Waals surface area contributed by atoms with Crippen LogP contribution in [0.25, 0.3) is 22.3 Å². The summed E-state index contributed by atoms with van der Waals surface area (Å²) in [6.45, 7) is 6.76. The molecule has 0 amide bonds. The zero-order valence-electron chi connectivity index (χ0n) is 17.4. The van der Waals surface area contributed by atoms with Gasteiger partial charge in [-0.2, -0.15) is 18.3 Å². The summed E-state index contributed by atoms with van der Waals surface area (Å²) in [7, 11) is 0. The molecule has 0 saturated heterocycles. The highest BCUT2D eigenvalue weighted by Gasteiger charge is 2.61. The van der Waals surface area contributed by atoms with Crippen molar-refractivity contribution in [2.75, 3.05) is 0 Å². The Morgan fingerprint density at radius 3 is 2.23 bits per heavy atom. The van der Waals surface area contributed by atoms with Crippen LogP contribution in [0, 0.1) is 5.82 Å². The lowest BCUT2D eigenvalue weighted by molar-refractivity contribution is -0.246. The molecule has 0 spiro atoms. The van der Waals surface area contributed by atoms with Crippen molar-refractivity contribution in [1.29, 1.82) is 0 Å². The van der Waals surface area contributed by atoms with Crippen molar-refractivity contribution in [3.8, 4) is 22.3 Å². The Labute approximate surface area is 176 Å². The van der Waals surface area contributed by atoms with Crippen LogP contribution in [0.5, 0.6) is 0 Å². The highest BCUT2D eigenvalue weighted by atomic mass is 19.4. The number of aliphatic hydroxyl groups is 2. The number of aromatic nitrogens is 2. The van der Waals surface area contributed by atoms with Gasteiger partial charge in [0.15, 0.2) is 0 Å². The van der Waals surface area contributed by atoms with Gasteiger partial charge in [-0.05, 0) is 56.5 Å². The van der Waals surface area contributed by atoms with Crippen LogP contribution in [0.15, 0.2) is 48.8 Å². The lowest BCUT2D eigenvalue weighted by Gasteiger charge is -2.37. The van der Waals surface area contributed by atoms with E-state index < -0.39 is 34.3 Å². The van der Waals surface area contributed by atoms with Crippen LogP contribution >= 0.6 is 0 Å². The van der Waals surface area contributed by atoms with Gasteiger partial charge in [0.05, 0.1) is 17.3 Å². The molecule has 0 aliphatic heterocycles. The van der Waals surface area contributed by atoms with Crippen LogP contribution in [-0.4, -0.2) is 31.8 Å². The fourth-order valence-electron chi connectivity index (χ4n) is 3.93. The second kappa shape index (κ2) is 6.40. The monoisotopic (exact) mass is 434 g/mol. The molecule has 4 nitrogen and oxygen atoms in total. The highest BCUT2D eigenvalue weighted by Crippen LogP contribution is 2.57. The van der Waals surface area contributed by atoms with Crippen molar-refractivity contribution in [2.45, 2.75) is 50.6 Å². The summed E-state index contributed by atoms with van der Waals surface area (Å²) in [5.74, 6) is -0.904. The van der Waals surface area contributed by atoms with Gasteiger partial charge in [0.2, 0.25) is 5.60 Å². The molecule has 1 aliphatic rings. The standard InChI is InChI=1S/C23H22F4N2O2/c1-20(2,21(3,4)30)29-12-13(11-28-29)16-9-14(24)10-18-19(16)15-7-5-6-8-17(15)22(18,31)23(25,26)27/h5-12,30-31H,1-4H3/t22-/m1/s1. The van der Waals surface area contributed by atoms with Gasteiger partial charge in [-0.25, -0.2) is 4.39 Å². The first-order valence-corrected chi connectivity index (χ1v) is 9.70. The molecule has 8 heteroatoms. The summed E-state index contributed by atoms with van der Waals surface area (Å²) in [5.41, 5.74) is -5.39. The van der Waals surface area contributed by atoms with Crippen LogP contribution < -0.4 is 0 Å². The topological polar surface area (TPSA) is 58.3 Å². The van der Waals surface area contributed by atoms with Gasteiger partial charge in [-0.1, -0.05) is 24.3 Å². The summed E-state index contributed by atoms with van der Waals surface area (Å²) in [4.78, 5) is 0. The predicted molar refractivity (Wildman–Crippen MR) is 108 cm³/mol. The van der Waals surface area contributed by atoms with E-state index in [0.29, 0.717) is 5.56 Å². The molecule has 1 atom stereocenters. The molecular formula is C23H22F4N2O2. The summed E-state index contributed by atoms with van der Waals surface area (Å²) in [6.07, 6.45) is -2.08. The van der Waals surface area contributed by atoms with Crippen LogP contribution in [0.3, 0.4) is 0 Å². The Kier molecular flexibility index (Phi) is 4.44. The van der Waals surface area contributed by atoms with E-state index >= 15 is 0 Å². The van der Waals surface area contributed by atoms with Crippen LogP contribution in [0.1, 0.15) is 38.8 Å². The second-order valence-corrected chi connectivity index (χ2v) is 8.92. The normalized spacial score (nSPS) is 18.8. The van der Waals surface area contributed by atoms with E-state index in [2.05, 4.69) is 5.10 Å². The Bertz CT molecular complexity index is 1180. The third kappa shape index (κ3) is 2.92. The Morgan fingerprint density at radius 2 is 1.61 bits per heavy atom. The number of hydrogen-bond acceptors (Lipinski definition) is 3. The largest absolute Gasteiger partial charge is 0.425 e. The zero-order valence-corrected chi connectivity index (χ0v) is 17.4. The lowest BCUT2D eigenvalue weighted by atomic mass is 9.86. The van der Waals surface area contributed by atoms with E-state index in [4.69, 9.17) is 0 Å². The maximum Gasteiger partial charge on any atom is 0.425 e. The van der Waals surface area contributed by atoms with Gasteiger partial charge in [0.25, 0.3) is 0 Å². The summed E-state index contributed by atoms with van der Waals surface area (Å²) in [6, 6.07) is 7.52. The molecule has 1 aromatic heterocycles. The fraction of sp³-hybridized carbons (Fsp3) is 0.348. The van der Waals surface area contributed by atoms with E-state index in [-0.39, 0.29) is 22.3 Å². The predicted octanol–water partition coefficient (Wildman–Crippen LogP) is 4.97.